The van der Waals surface area contributed by atoms with E-state index in [2.05, 4.69) is 5.32 Å². The zero-order valence-corrected chi connectivity index (χ0v) is 12.5. The lowest BCUT2D eigenvalue weighted by molar-refractivity contribution is -0.131. The van der Waals surface area contributed by atoms with E-state index in [4.69, 9.17) is 0 Å². The topological polar surface area (TPSA) is 69.6 Å². The lowest BCUT2D eigenvalue weighted by Gasteiger charge is -2.20. The molecule has 0 radical (unpaired) electrons. The Labute approximate surface area is 129 Å². The average Bonchev–Trinajstić information content (AvgIpc) is 2.76. The number of hydrogen-bond acceptors (Lipinski definition) is 3. The smallest absolute Gasteiger partial charge is 0.251 e. The molecule has 1 aromatic rings. The summed E-state index contributed by atoms with van der Waals surface area (Å²) in [4.78, 5) is 24.7. The van der Waals surface area contributed by atoms with E-state index in [9.17, 15) is 14.7 Å². The fraction of sp³-hybridized carbons (Fsp3) is 0.294. The molecule has 0 bridgehead atoms. The van der Waals surface area contributed by atoms with Crippen LogP contribution < -0.4 is 5.32 Å². The van der Waals surface area contributed by atoms with Gasteiger partial charge in [0, 0.05) is 24.7 Å². The minimum Gasteiger partial charge on any atom is -0.370 e. The van der Waals surface area contributed by atoms with E-state index in [0.29, 0.717) is 25.1 Å². The van der Waals surface area contributed by atoms with Gasteiger partial charge in [-0.15, -0.1) is 0 Å². The van der Waals surface area contributed by atoms with Crippen LogP contribution in [0.25, 0.3) is 6.08 Å². The molecule has 22 heavy (non-hydrogen) atoms. The third-order valence-electron chi connectivity index (χ3n) is 3.42. The quantitative estimate of drug-likeness (QED) is 0.615. The molecule has 2 N–H and O–H groups in total. The van der Waals surface area contributed by atoms with Crippen LogP contribution >= 0.6 is 0 Å². The average molecular weight is 300 g/mol. The molecule has 0 aromatic heterocycles. The molecule has 1 unspecified atom stereocenters. The van der Waals surface area contributed by atoms with E-state index in [1.807, 2.05) is 30.3 Å². The Bertz CT molecular complexity index is 593. The zero-order valence-electron chi connectivity index (χ0n) is 12.5. The molecule has 2 amide bonds. The number of aliphatic hydroxyl groups is 1. The van der Waals surface area contributed by atoms with Gasteiger partial charge in [0.2, 0.25) is 5.91 Å². The monoisotopic (exact) mass is 300 g/mol. The first-order chi connectivity index (χ1) is 10.6. The Morgan fingerprint density at radius 2 is 2.09 bits per heavy atom. The fourth-order valence-electron chi connectivity index (χ4n) is 2.22. The molecule has 1 atom stereocenters. The number of carbonyl (C=O) groups is 2. The van der Waals surface area contributed by atoms with Gasteiger partial charge in [-0.3, -0.25) is 9.59 Å². The third kappa shape index (κ3) is 4.30. The summed E-state index contributed by atoms with van der Waals surface area (Å²) in [6, 6.07) is 9.57. The molecule has 0 fully saturated rings. The summed E-state index contributed by atoms with van der Waals surface area (Å²) < 4.78 is 0. The Morgan fingerprint density at radius 3 is 2.73 bits per heavy atom. The van der Waals surface area contributed by atoms with Crippen LogP contribution in [0, 0.1) is 0 Å². The summed E-state index contributed by atoms with van der Waals surface area (Å²) in [6.07, 6.45) is 4.51. The predicted molar refractivity (Wildman–Crippen MR) is 84.6 cm³/mol. The van der Waals surface area contributed by atoms with E-state index >= 15 is 0 Å². The van der Waals surface area contributed by atoms with Crippen molar-refractivity contribution in [3.63, 3.8) is 0 Å². The molecule has 116 valence electrons. The minimum atomic E-state index is -0.846. The van der Waals surface area contributed by atoms with Crippen molar-refractivity contribution >= 4 is 17.9 Å². The van der Waals surface area contributed by atoms with Crippen molar-refractivity contribution in [3.05, 3.63) is 53.6 Å². The minimum absolute atomic E-state index is 0.150. The highest BCUT2D eigenvalue weighted by molar-refractivity contribution is 5.95. The SMILES string of the molecule is CC1=CC(O)N(CCCNC(=O)/C=C/c2ccccc2)C1=O. The highest BCUT2D eigenvalue weighted by Crippen LogP contribution is 2.15. The molecular weight excluding hydrogens is 280 g/mol. The summed E-state index contributed by atoms with van der Waals surface area (Å²) in [5.74, 6) is -0.325. The largest absolute Gasteiger partial charge is 0.370 e. The van der Waals surface area contributed by atoms with Crippen LogP contribution in [0.15, 0.2) is 48.1 Å². The molecule has 0 saturated heterocycles. The number of benzene rings is 1. The number of carbonyl (C=O) groups excluding carboxylic acids is 2. The molecule has 0 saturated carbocycles. The number of aliphatic hydroxyl groups excluding tert-OH is 1. The molecule has 5 heteroatoms. The van der Waals surface area contributed by atoms with Crippen LogP contribution in [0.1, 0.15) is 18.9 Å². The molecule has 1 aliphatic rings. The maximum atomic E-state index is 11.7. The second-order valence-electron chi connectivity index (χ2n) is 5.15. The van der Waals surface area contributed by atoms with E-state index < -0.39 is 6.23 Å². The zero-order chi connectivity index (χ0) is 15.9. The first-order valence-electron chi connectivity index (χ1n) is 7.26. The van der Waals surface area contributed by atoms with Crippen LogP contribution in [0.5, 0.6) is 0 Å². The molecule has 1 heterocycles. The molecule has 1 aromatic carbocycles. The van der Waals surface area contributed by atoms with Gasteiger partial charge in [0.05, 0.1) is 0 Å². The van der Waals surface area contributed by atoms with Crippen molar-refractivity contribution < 1.29 is 14.7 Å². The van der Waals surface area contributed by atoms with Crippen LogP contribution in [0.2, 0.25) is 0 Å². The summed E-state index contributed by atoms with van der Waals surface area (Å²) in [5.41, 5.74) is 1.52. The summed E-state index contributed by atoms with van der Waals surface area (Å²) in [5, 5.41) is 12.4. The van der Waals surface area contributed by atoms with Crippen molar-refractivity contribution in [3.8, 4) is 0 Å². The second kappa shape index (κ2) is 7.56. The predicted octanol–water partition coefficient (Wildman–Crippen LogP) is 1.31. The van der Waals surface area contributed by atoms with Crippen molar-refractivity contribution in [1.82, 2.24) is 10.2 Å². The number of nitrogens with zero attached hydrogens (tertiary/aromatic N) is 1. The van der Waals surface area contributed by atoms with Crippen LogP contribution in [0.3, 0.4) is 0 Å². The van der Waals surface area contributed by atoms with Gasteiger partial charge >= 0.3 is 0 Å². The molecular formula is C17H20N2O3. The maximum absolute atomic E-state index is 11.7. The first kappa shape index (κ1) is 16.0. The Hall–Kier alpha value is -2.40. The molecule has 5 nitrogen and oxygen atoms in total. The number of nitrogens with one attached hydrogen (secondary N) is 1. The maximum Gasteiger partial charge on any atom is 0.251 e. The van der Waals surface area contributed by atoms with Crippen molar-refractivity contribution in [2.24, 2.45) is 0 Å². The van der Waals surface area contributed by atoms with Gasteiger partial charge in [-0.05, 0) is 31.1 Å². The molecule has 0 aliphatic carbocycles. The lowest BCUT2D eigenvalue weighted by atomic mass is 10.2. The number of hydrogen-bond donors (Lipinski definition) is 2. The molecule has 0 spiro atoms. The van der Waals surface area contributed by atoms with E-state index in [0.717, 1.165) is 5.56 Å². The van der Waals surface area contributed by atoms with Gasteiger partial charge in [0.25, 0.3) is 5.91 Å². The normalized spacial score (nSPS) is 17.9. The Morgan fingerprint density at radius 1 is 1.36 bits per heavy atom. The standard InChI is InChI=1S/C17H20N2O3/c1-13-12-16(21)19(17(13)22)11-5-10-18-15(20)9-8-14-6-3-2-4-7-14/h2-4,6-9,12,16,21H,5,10-11H2,1H3,(H,18,20)/b9-8+. The number of rotatable bonds is 6. The van der Waals surface area contributed by atoms with Crippen molar-refractivity contribution in [1.29, 1.82) is 0 Å². The highest BCUT2D eigenvalue weighted by atomic mass is 16.3. The highest BCUT2D eigenvalue weighted by Gasteiger charge is 2.27. The number of amides is 2. The Balaban J connectivity index is 1.68. The van der Waals surface area contributed by atoms with E-state index in [1.165, 1.54) is 17.1 Å². The second-order valence-corrected chi connectivity index (χ2v) is 5.15. The van der Waals surface area contributed by atoms with Crippen molar-refractivity contribution in [2.75, 3.05) is 13.1 Å². The Kier molecular flexibility index (Phi) is 5.49. The summed E-state index contributed by atoms with van der Waals surface area (Å²) in [6.45, 7) is 2.55. The first-order valence-corrected chi connectivity index (χ1v) is 7.26. The van der Waals surface area contributed by atoms with Gasteiger partial charge in [-0.1, -0.05) is 30.3 Å². The third-order valence-corrected chi connectivity index (χ3v) is 3.42. The van der Waals surface area contributed by atoms with Gasteiger partial charge in [0.1, 0.15) is 6.23 Å². The molecule has 1 aliphatic heterocycles. The van der Waals surface area contributed by atoms with Crippen molar-refractivity contribution in [2.45, 2.75) is 19.6 Å². The van der Waals surface area contributed by atoms with Gasteiger partial charge in [-0.2, -0.15) is 0 Å². The fourth-order valence-corrected chi connectivity index (χ4v) is 2.22. The van der Waals surface area contributed by atoms with E-state index in [1.54, 1.807) is 13.0 Å². The van der Waals surface area contributed by atoms with Gasteiger partial charge in [-0.25, -0.2) is 0 Å². The van der Waals surface area contributed by atoms with E-state index in [-0.39, 0.29) is 11.8 Å². The summed E-state index contributed by atoms with van der Waals surface area (Å²) >= 11 is 0. The van der Waals surface area contributed by atoms with Gasteiger partial charge in [0.15, 0.2) is 0 Å². The van der Waals surface area contributed by atoms with Crippen LogP contribution in [0.4, 0.5) is 0 Å². The van der Waals surface area contributed by atoms with Gasteiger partial charge < -0.3 is 15.3 Å². The van der Waals surface area contributed by atoms with Crippen LogP contribution in [-0.4, -0.2) is 41.1 Å². The summed E-state index contributed by atoms with van der Waals surface area (Å²) in [7, 11) is 0. The molecule has 2 rings (SSSR count). The van der Waals surface area contributed by atoms with Crippen LogP contribution in [-0.2, 0) is 9.59 Å². The lowest BCUT2D eigenvalue weighted by Crippen LogP contribution is -2.36.